The fourth-order valence-electron chi connectivity index (χ4n) is 3.32. The van der Waals surface area contributed by atoms with E-state index in [0.717, 1.165) is 0 Å². The molecule has 2 N–H and O–H groups in total. The Labute approximate surface area is 150 Å². The number of halogens is 2. The highest BCUT2D eigenvalue weighted by Crippen LogP contribution is 2.33. The van der Waals surface area contributed by atoms with Crippen molar-refractivity contribution in [2.45, 2.75) is 16.6 Å². The normalized spacial score (nSPS) is 20.2. The van der Waals surface area contributed by atoms with Crippen LogP contribution in [0.3, 0.4) is 0 Å². The first-order chi connectivity index (χ1) is 12.1. The fraction of sp³-hybridized carbons (Fsp3) is 0.316. The summed E-state index contributed by atoms with van der Waals surface area (Å²) in [4.78, 5) is 15.0. The predicted molar refractivity (Wildman–Crippen MR) is 95.9 cm³/mol. The first-order valence-corrected chi connectivity index (χ1v) is 9.05. The van der Waals surface area contributed by atoms with Crippen molar-refractivity contribution in [2.75, 3.05) is 19.6 Å². The molecule has 25 heavy (non-hydrogen) atoms. The largest absolute Gasteiger partial charge is 0.338 e. The first-order valence-electron chi connectivity index (χ1n) is 8.17. The molecule has 1 aliphatic heterocycles. The number of benzene rings is 2. The van der Waals surface area contributed by atoms with Gasteiger partial charge in [-0.05, 0) is 42.3 Å². The molecule has 0 bridgehead atoms. The van der Waals surface area contributed by atoms with E-state index in [1.807, 2.05) is 23.1 Å². The number of nitrogens with zero attached hydrogens (tertiary/aromatic N) is 1. The SMILES string of the molecule is NC[C@@H]1CN(C(=O)c2ccc(SC(F)F)cc2)C[C@H]1c1ccccc1. The number of hydrogen-bond acceptors (Lipinski definition) is 3. The minimum absolute atomic E-state index is 0.0783. The standard InChI is InChI=1S/C19H20F2N2OS/c20-19(21)25-16-8-6-14(7-9-16)18(24)23-11-15(10-22)17(12-23)13-4-2-1-3-5-13/h1-9,15,17,19H,10-12,22H2/t15-,17+/m1/s1. The van der Waals surface area contributed by atoms with Crippen molar-refractivity contribution >= 4 is 17.7 Å². The van der Waals surface area contributed by atoms with Crippen molar-refractivity contribution < 1.29 is 13.6 Å². The lowest BCUT2D eigenvalue weighted by atomic mass is 9.89. The second kappa shape index (κ2) is 7.97. The number of carbonyl (C=O) groups excluding carboxylic acids is 1. The third-order valence-electron chi connectivity index (χ3n) is 4.59. The van der Waals surface area contributed by atoms with Crippen LogP contribution in [-0.4, -0.2) is 36.2 Å². The molecule has 3 nitrogen and oxygen atoms in total. The molecule has 0 aliphatic carbocycles. The predicted octanol–water partition coefficient (Wildman–Crippen LogP) is 3.82. The maximum absolute atomic E-state index is 12.7. The molecule has 0 unspecified atom stereocenters. The van der Waals surface area contributed by atoms with Gasteiger partial charge in [-0.1, -0.05) is 42.1 Å². The van der Waals surface area contributed by atoms with Gasteiger partial charge in [0.15, 0.2) is 0 Å². The molecule has 0 spiro atoms. The Morgan fingerprint density at radius 1 is 1.12 bits per heavy atom. The van der Waals surface area contributed by atoms with Gasteiger partial charge in [0.1, 0.15) is 0 Å². The van der Waals surface area contributed by atoms with Gasteiger partial charge in [-0.2, -0.15) is 8.78 Å². The number of thioether (sulfide) groups is 1. The van der Waals surface area contributed by atoms with Crippen molar-refractivity contribution in [2.24, 2.45) is 11.7 Å². The van der Waals surface area contributed by atoms with Gasteiger partial charge in [0.05, 0.1) is 0 Å². The maximum atomic E-state index is 12.7. The van der Waals surface area contributed by atoms with Crippen LogP contribution in [0.15, 0.2) is 59.5 Å². The molecule has 3 rings (SSSR count). The Morgan fingerprint density at radius 3 is 2.40 bits per heavy atom. The van der Waals surface area contributed by atoms with Gasteiger partial charge in [-0.3, -0.25) is 4.79 Å². The number of alkyl halides is 2. The van der Waals surface area contributed by atoms with Crippen LogP contribution in [0.4, 0.5) is 8.78 Å². The van der Waals surface area contributed by atoms with E-state index in [1.165, 1.54) is 5.56 Å². The molecule has 2 aromatic rings. The Kier molecular flexibility index (Phi) is 5.71. The summed E-state index contributed by atoms with van der Waals surface area (Å²) in [5.74, 6) is -2.09. The topological polar surface area (TPSA) is 46.3 Å². The van der Waals surface area contributed by atoms with E-state index < -0.39 is 5.76 Å². The van der Waals surface area contributed by atoms with Crippen LogP contribution in [0, 0.1) is 5.92 Å². The van der Waals surface area contributed by atoms with E-state index in [1.54, 1.807) is 24.3 Å². The second-order valence-corrected chi connectivity index (χ2v) is 7.19. The zero-order chi connectivity index (χ0) is 17.8. The number of nitrogens with two attached hydrogens (primary N) is 1. The van der Waals surface area contributed by atoms with Crippen LogP contribution in [0.5, 0.6) is 0 Å². The van der Waals surface area contributed by atoms with Gasteiger partial charge < -0.3 is 10.6 Å². The van der Waals surface area contributed by atoms with Crippen LogP contribution in [0.1, 0.15) is 21.8 Å². The minimum Gasteiger partial charge on any atom is -0.338 e. The van der Waals surface area contributed by atoms with E-state index in [0.29, 0.717) is 41.9 Å². The highest BCUT2D eigenvalue weighted by atomic mass is 32.2. The molecule has 1 fully saturated rings. The quantitative estimate of drug-likeness (QED) is 0.823. The molecule has 6 heteroatoms. The number of amides is 1. The lowest BCUT2D eigenvalue weighted by molar-refractivity contribution is 0.0786. The maximum Gasteiger partial charge on any atom is 0.288 e. The van der Waals surface area contributed by atoms with E-state index >= 15 is 0 Å². The van der Waals surface area contributed by atoms with Gasteiger partial charge in [-0.25, -0.2) is 0 Å². The molecule has 1 heterocycles. The monoisotopic (exact) mass is 362 g/mol. The molecule has 1 saturated heterocycles. The smallest absolute Gasteiger partial charge is 0.288 e. The summed E-state index contributed by atoms with van der Waals surface area (Å²) >= 11 is 0.478. The Balaban J connectivity index is 1.72. The summed E-state index contributed by atoms with van der Waals surface area (Å²) in [5, 5.41) is 0. The third kappa shape index (κ3) is 4.19. The summed E-state index contributed by atoms with van der Waals surface area (Å²) < 4.78 is 24.8. The lowest BCUT2D eigenvalue weighted by Crippen LogP contribution is -2.29. The van der Waals surface area contributed by atoms with E-state index in [4.69, 9.17) is 5.73 Å². The second-order valence-electron chi connectivity index (χ2n) is 6.13. The fourth-order valence-corrected chi connectivity index (χ4v) is 3.81. The van der Waals surface area contributed by atoms with Crippen molar-refractivity contribution in [1.29, 1.82) is 0 Å². The molecule has 0 aromatic heterocycles. The summed E-state index contributed by atoms with van der Waals surface area (Å²) in [7, 11) is 0. The summed E-state index contributed by atoms with van der Waals surface area (Å²) in [6, 6.07) is 16.4. The van der Waals surface area contributed by atoms with E-state index in [9.17, 15) is 13.6 Å². The number of rotatable bonds is 5. The van der Waals surface area contributed by atoms with Gasteiger partial charge in [0.25, 0.3) is 11.7 Å². The van der Waals surface area contributed by atoms with Gasteiger partial charge in [0, 0.05) is 29.5 Å². The lowest BCUT2D eigenvalue weighted by Gasteiger charge is -2.17. The van der Waals surface area contributed by atoms with Crippen molar-refractivity contribution in [3.63, 3.8) is 0 Å². The van der Waals surface area contributed by atoms with Crippen LogP contribution in [0.25, 0.3) is 0 Å². The molecule has 0 radical (unpaired) electrons. The van der Waals surface area contributed by atoms with E-state index in [2.05, 4.69) is 12.1 Å². The Hall–Kier alpha value is -1.92. The Bertz CT molecular complexity index is 709. The average Bonchev–Trinajstić information content (AvgIpc) is 3.06. The van der Waals surface area contributed by atoms with Crippen LogP contribution in [-0.2, 0) is 0 Å². The Morgan fingerprint density at radius 2 is 1.80 bits per heavy atom. The molecular formula is C19H20F2N2OS. The molecule has 1 amide bonds. The molecule has 2 aromatic carbocycles. The molecular weight excluding hydrogens is 342 g/mol. The van der Waals surface area contributed by atoms with E-state index in [-0.39, 0.29) is 17.7 Å². The summed E-state index contributed by atoms with van der Waals surface area (Å²) in [6.45, 7) is 1.76. The van der Waals surface area contributed by atoms with Gasteiger partial charge in [0.2, 0.25) is 0 Å². The van der Waals surface area contributed by atoms with Crippen LogP contribution >= 0.6 is 11.8 Å². The molecule has 1 aliphatic rings. The molecule has 132 valence electrons. The summed E-state index contributed by atoms with van der Waals surface area (Å²) in [6.07, 6.45) is 0. The van der Waals surface area contributed by atoms with Gasteiger partial charge in [-0.15, -0.1) is 0 Å². The van der Waals surface area contributed by atoms with Crippen LogP contribution < -0.4 is 5.73 Å². The van der Waals surface area contributed by atoms with Crippen molar-refractivity contribution in [1.82, 2.24) is 4.90 Å². The number of likely N-dealkylation sites (tertiary alicyclic amines) is 1. The highest BCUT2D eigenvalue weighted by Gasteiger charge is 2.35. The van der Waals surface area contributed by atoms with Crippen molar-refractivity contribution in [3.05, 3.63) is 65.7 Å². The third-order valence-corrected chi connectivity index (χ3v) is 5.31. The van der Waals surface area contributed by atoms with Crippen molar-refractivity contribution in [3.8, 4) is 0 Å². The average molecular weight is 362 g/mol. The summed E-state index contributed by atoms with van der Waals surface area (Å²) in [5.41, 5.74) is 7.63. The molecule has 2 atom stereocenters. The molecule has 0 saturated carbocycles. The zero-order valence-corrected chi connectivity index (χ0v) is 14.5. The van der Waals surface area contributed by atoms with Gasteiger partial charge >= 0.3 is 0 Å². The first kappa shape index (κ1) is 17.9. The highest BCUT2D eigenvalue weighted by molar-refractivity contribution is 7.99. The van der Waals surface area contributed by atoms with Crippen LogP contribution in [0.2, 0.25) is 0 Å². The number of hydrogen-bond donors (Lipinski definition) is 1. The zero-order valence-electron chi connectivity index (χ0n) is 13.6. The number of carbonyl (C=O) groups is 1. The minimum atomic E-state index is -2.46.